The summed E-state index contributed by atoms with van der Waals surface area (Å²) in [5.74, 6) is -2.15. The Kier molecular flexibility index (Phi) is 3.73. The second kappa shape index (κ2) is 5.29. The zero-order valence-electron chi connectivity index (χ0n) is 10.2. The number of nitrogens with zero attached hydrogens (tertiary/aromatic N) is 2. The van der Waals surface area contributed by atoms with Crippen LogP contribution in [0.4, 0.5) is 9.18 Å². The zero-order valence-corrected chi connectivity index (χ0v) is 10.2. The summed E-state index contributed by atoms with van der Waals surface area (Å²) in [6.45, 7) is 0.497. The van der Waals surface area contributed by atoms with Crippen molar-refractivity contribution in [2.24, 2.45) is 5.92 Å². The molecule has 0 spiro atoms. The molecule has 0 radical (unpaired) electrons. The molecule has 2 aliphatic heterocycles. The Labute approximate surface area is 109 Å². The third-order valence-corrected chi connectivity index (χ3v) is 3.44. The predicted molar refractivity (Wildman–Crippen MR) is 64.2 cm³/mol. The lowest BCUT2D eigenvalue weighted by molar-refractivity contribution is -0.141. The molecule has 0 aromatic heterocycles. The van der Waals surface area contributed by atoms with Gasteiger partial charge in [-0.15, -0.1) is 0 Å². The molecule has 2 atom stereocenters. The molecule has 104 valence electrons. The SMILES string of the molecule is O=C(O)C1C[C@@H](CN2CC=CC=C2F)N(C(=O)O)C1. The van der Waals surface area contributed by atoms with Crippen molar-refractivity contribution in [2.75, 3.05) is 19.6 Å². The Balaban J connectivity index is 2.05. The maximum absolute atomic E-state index is 13.5. The summed E-state index contributed by atoms with van der Waals surface area (Å²) in [5, 5.41) is 18.0. The van der Waals surface area contributed by atoms with E-state index in [1.165, 1.54) is 11.0 Å². The monoisotopic (exact) mass is 270 g/mol. The number of amides is 1. The van der Waals surface area contributed by atoms with Gasteiger partial charge in [-0.05, 0) is 12.5 Å². The summed E-state index contributed by atoms with van der Waals surface area (Å²) in [7, 11) is 0. The summed E-state index contributed by atoms with van der Waals surface area (Å²) >= 11 is 0. The van der Waals surface area contributed by atoms with Crippen LogP contribution in [0.25, 0.3) is 0 Å². The first kappa shape index (κ1) is 13.4. The lowest BCUT2D eigenvalue weighted by Gasteiger charge is -2.29. The maximum Gasteiger partial charge on any atom is 0.407 e. The molecule has 1 fully saturated rings. The van der Waals surface area contributed by atoms with E-state index in [9.17, 15) is 14.0 Å². The highest BCUT2D eigenvalue weighted by Crippen LogP contribution is 2.26. The van der Waals surface area contributed by atoms with Crippen LogP contribution < -0.4 is 0 Å². The highest BCUT2D eigenvalue weighted by Gasteiger charge is 2.39. The molecule has 0 saturated carbocycles. The van der Waals surface area contributed by atoms with Crippen LogP contribution in [0.3, 0.4) is 0 Å². The fourth-order valence-corrected chi connectivity index (χ4v) is 2.45. The van der Waals surface area contributed by atoms with Gasteiger partial charge in [-0.1, -0.05) is 12.2 Å². The van der Waals surface area contributed by atoms with Gasteiger partial charge in [0.2, 0.25) is 0 Å². The molecule has 0 aromatic rings. The zero-order chi connectivity index (χ0) is 14.0. The van der Waals surface area contributed by atoms with E-state index in [0.29, 0.717) is 6.54 Å². The summed E-state index contributed by atoms with van der Waals surface area (Å²) in [6, 6.07) is -0.496. The van der Waals surface area contributed by atoms with Crippen molar-refractivity contribution in [3.63, 3.8) is 0 Å². The minimum atomic E-state index is -1.16. The number of rotatable bonds is 3. The molecule has 6 nitrogen and oxygen atoms in total. The van der Waals surface area contributed by atoms with Gasteiger partial charge in [0.1, 0.15) is 0 Å². The van der Waals surface area contributed by atoms with Crippen molar-refractivity contribution in [2.45, 2.75) is 12.5 Å². The lowest BCUT2D eigenvalue weighted by Crippen LogP contribution is -2.42. The van der Waals surface area contributed by atoms with E-state index in [-0.39, 0.29) is 19.5 Å². The van der Waals surface area contributed by atoms with E-state index >= 15 is 0 Å². The predicted octanol–water partition coefficient (Wildman–Crippen LogP) is 1.12. The second-order valence-corrected chi connectivity index (χ2v) is 4.68. The third-order valence-electron chi connectivity index (χ3n) is 3.44. The Morgan fingerprint density at radius 2 is 2.16 bits per heavy atom. The number of hydrogen-bond donors (Lipinski definition) is 2. The van der Waals surface area contributed by atoms with E-state index in [4.69, 9.17) is 10.2 Å². The summed E-state index contributed by atoms with van der Waals surface area (Å²) in [6.07, 6.45) is 3.71. The van der Waals surface area contributed by atoms with Crippen molar-refractivity contribution >= 4 is 12.1 Å². The first-order chi connectivity index (χ1) is 8.99. The molecule has 2 N–H and O–H groups in total. The number of halogens is 1. The average molecular weight is 270 g/mol. The highest BCUT2D eigenvalue weighted by atomic mass is 19.1. The van der Waals surface area contributed by atoms with Crippen molar-refractivity contribution in [3.05, 3.63) is 24.2 Å². The van der Waals surface area contributed by atoms with Crippen LogP contribution in [0.15, 0.2) is 24.2 Å². The first-order valence-corrected chi connectivity index (χ1v) is 5.98. The molecule has 1 unspecified atom stereocenters. The molecule has 7 heteroatoms. The Hall–Kier alpha value is -2.05. The molecule has 1 saturated heterocycles. The van der Waals surface area contributed by atoms with E-state index in [2.05, 4.69) is 0 Å². The molecule has 0 aromatic carbocycles. The number of carbonyl (C=O) groups is 2. The minimum Gasteiger partial charge on any atom is -0.481 e. The normalized spacial score (nSPS) is 26.5. The Bertz CT molecular complexity index is 449. The maximum atomic E-state index is 13.5. The summed E-state index contributed by atoms with van der Waals surface area (Å²) in [4.78, 5) is 24.5. The highest BCUT2D eigenvalue weighted by molar-refractivity contribution is 5.73. The largest absolute Gasteiger partial charge is 0.481 e. The smallest absolute Gasteiger partial charge is 0.407 e. The first-order valence-electron chi connectivity index (χ1n) is 5.98. The molecule has 1 amide bonds. The van der Waals surface area contributed by atoms with Crippen LogP contribution in [0.2, 0.25) is 0 Å². The van der Waals surface area contributed by atoms with Gasteiger partial charge >= 0.3 is 12.1 Å². The number of aliphatic carboxylic acids is 1. The fraction of sp³-hybridized carbons (Fsp3) is 0.500. The minimum absolute atomic E-state index is 0.0374. The summed E-state index contributed by atoms with van der Waals surface area (Å²) in [5.41, 5.74) is 0. The van der Waals surface area contributed by atoms with Crippen molar-refractivity contribution in [3.8, 4) is 0 Å². The molecule has 2 heterocycles. The van der Waals surface area contributed by atoms with Crippen LogP contribution in [0.1, 0.15) is 6.42 Å². The van der Waals surface area contributed by atoms with E-state index < -0.39 is 30.0 Å². The van der Waals surface area contributed by atoms with E-state index in [0.717, 1.165) is 4.90 Å². The van der Waals surface area contributed by atoms with Gasteiger partial charge in [-0.25, -0.2) is 4.79 Å². The van der Waals surface area contributed by atoms with Crippen LogP contribution in [-0.2, 0) is 4.79 Å². The number of hydrogen-bond acceptors (Lipinski definition) is 3. The fourth-order valence-electron chi connectivity index (χ4n) is 2.45. The number of likely N-dealkylation sites (tertiary alicyclic amines) is 1. The summed E-state index contributed by atoms with van der Waals surface area (Å²) < 4.78 is 13.5. The Morgan fingerprint density at radius 3 is 2.74 bits per heavy atom. The third kappa shape index (κ3) is 2.86. The van der Waals surface area contributed by atoms with Gasteiger partial charge in [0.25, 0.3) is 0 Å². The van der Waals surface area contributed by atoms with Gasteiger partial charge in [0.15, 0.2) is 5.95 Å². The second-order valence-electron chi connectivity index (χ2n) is 4.68. The molecular weight excluding hydrogens is 255 g/mol. The van der Waals surface area contributed by atoms with Crippen LogP contribution >= 0.6 is 0 Å². The quantitative estimate of drug-likeness (QED) is 0.751. The van der Waals surface area contributed by atoms with Crippen LogP contribution in [0.5, 0.6) is 0 Å². The van der Waals surface area contributed by atoms with Gasteiger partial charge in [-0.3, -0.25) is 4.79 Å². The standard InChI is InChI=1S/C12H15FN2O4/c13-10-3-1-2-4-14(10)7-9-5-8(11(16)17)6-15(9)12(18)19/h1-3,8-9H,4-7H2,(H,16,17)(H,18,19)/t8?,9-/m0/s1. The van der Waals surface area contributed by atoms with Crippen molar-refractivity contribution in [1.82, 2.24) is 9.80 Å². The van der Waals surface area contributed by atoms with Gasteiger partial charge in [0, 0.05) is 19.6 Å². The number of carboxylic acids is 1. The molecule has 2 rings (SSSR count). The molecule has 0 aliphatic carbocycles. The number of carboxylic acid groups (broad SMARTS) is 2. The Morgan fingerprint density at radius 1 is 1.42 bits per heavy atom. The lowest BCUT2D eigenvalue weighted by atomic mass is 10.1. The van der Waals surface area contributed by atoms with Gasteiger partial charge in [0.05, 0.1) is 12.0 Å². The average Bonchev–Trinajstić information content (AvgIpc) is 2.76. The van der Waals surface area contributed by atoms with Gasteiger partial charge < -0.3 is 20.0 Å². The van der Waals surface area contributed by atoms with Crippen molar-refractivity contribution < 1.29 is 24.2 Å². The van der Waals surface area contributed by atoms with E-state index in [1.807, 2.05) is 0 Å². The van der Waals surface area contributed by atoms with E-state index in [1.54, 1.807) is 12.2 Å². The molecule has 2 aliphatic rings. The molecule has 19 heavy (non-hydrogen) atoms. The molecular formula is C12H15FN2O4. The van der Waals surface area contributed by atoms with Gasteiger partial charge in [-0.2, -0.15) is 4.39 Å². The van der Waals surface area contributed by atoms with Crippen LogP contribution in [0, 0.1) is 5.92 Å². The molecule has 0 bridgehead atoms. The number of allylic oxidation sites excluding steroid dienone is 2. The van der Waals surface area contributed by atoms with Crippen LogP contribution in [-0.4, -0.2) is 57.8 Å². The topological polar surface area (TPSA) is 81.1 Å². The van der Waals surface area contributed by atoms with Crippen molar-refractivity contribution in [1.29, 1.82) is 0 Å².